The molecule has 4 heteroatoms. The Bertz CT molecular complexity index is 386. The zero-order valence-electron chi connectivity index (χ0n) is 8.20. The van der Waals surface area contributed by atoms with E-state index >= 15 is 0 Å². The number of hydrogen-bond acceptors (Lipinski definition) is 3. The molecular weight excluding hydrogens is 197 g/mol. The Morgan fingerprint density at radius 2 is 2.33 bits per heavy atom. The topological polar surface area (TPSA) is 52.3 Å². The van der Waals surface area contributed by atoms with Crippen LogP contribution in [0.15, 0.2) is 18.2 Å². The maximum absolute atomic E-state index is 13.1. The number of rotatable bonds is 2. The molecule has 1 aliphatic heterocycles. The van der Waals surface area contributed by atoms with Gasteiger partial charge in [0.05, 0.1) is 12.3 Å². The number of anilines is 1. The van der Waals surface area contributed by atoms with Crippen LogP contribution in [0.4, 0.5) is 10.1 Å². The van der Waals surface area contributed by atoms with Crippen LogP contribution >= 0.6 is 0 Å². The fourth-order valence-corrected chi connectivity index (χ4v) is 1.66. The van der Waals surface area contributed by atoms with E-state index in [4.69, 9.17) is 10.5 Å². The van der Waals surface area contributed by atoms with Gasteiger partial charge in [-0.3, -0.25) is 4.79 Å². The largest absolute Gasteiger partial charge is 0.396 e. The van der Waals surface area contributed by atoms with Crippen molar-refractivity contribution >= 4 is 11.5 Å². The molecule has 1 heterocycles. The van der Waals surface area contributed by atoms with Crippen LogP contribution in [0.1, 0.15) is 16.8 Å². The van der Waals surface area contributed by atoms with Gasteiger partial charge in [0.15, 0.2) is 5.78 Å². The molecule has 0 saturated carbocycles. The Hall–Kier alpha value is -1.42. The third-order valence-corrected chi connectivity index (χ3v) is 2.59. The van der Waals surface area contributed by atoms with Crippen LogP contribution in [0.2, 0.25) is 0 Å². The van der Waals surface area contributed by atoms with Crippen molar-refractivity contribution in [2.24, 2.45) is 5.92 Å². The van der Waals surface area contributed by atoms with Gasteiger partial charge in [-0.15, -0.1) is 0 Å². The first-order valence-electron chi connectivity index (χ1n) is 4.85. The van der Waals surface area contributed by atoms with Crippen molar-refractivity contribution in [1.29, 1.82) is 0 Å². The van der Waals surface area contributed by atoms with Crippen molar-refractivity contribution in [2.45, 2.75) is 6.42 Å². The summed E-state index contributed by atoms with van der Waals surface area (Å²) in [6.45, 7) is 1.04. The fourth-order valence-electron chi connectivity index (χ4n) is 1.66. The number of nitrogen functional groups attached to an aromatic ring is 1. The molecule has 2 N–H and O–H groups in total. The molecule has 1 unspecified atom stereocenters. The summed E-state index contributed by atoms with van der Waals surface area (Å²) in [5.74, 6) is -0.737. The summed E-state index contributed by atoms with van der Waals surface area (Å²) in [5.41, 5.74) is 5.77. The van der Waals surface area contributed by atoms with Gasteiger partial charge < -0.3 is 10.5 Å². The van der Waals surface area contributed by atoms with Crippen LogP contribution < -0.4 is 5.73 Å². The number of ketones is 1. The number of hydrogen-bond donors (Lipinski definition) is 1. The van der Waals surface area contributed by atoms with E-state index in [1.807, 2.05) is 0 Å². The van der Waals surface area contributed by atoms with E-state index in [0.29, 0.717) is 25.2 Å². The second-order valence-corrected chi connectivity index (χ2v) is 3.66. The zero-order valence-corrected chi connectivity index (χ0v) is 8.20. The molecule has 3 nitrogen and oxygen atoms in total. The molecule has 0 aromatic heterocycles. The fraction of sp³-hybridized carbons (Fsp3) is 0.364. The summed E-state index contributed by atoms with van der Waals surface area (Å²) in [7, 11) is 0. The van der Waals surface area contributed by atoms with Gasteiger partial charge in [0, 0.05) is 18.1 Å². The molecule has 0 aliphatic carbocycles. The maximum Gasteiger partial charge on any atom is 0.168 e. The molecule has 1 aliphatic rings. The zero-order chi connectivity index (χ0) is 10.8. The Balaban J connectivity index is 2.21. The van der Waals surface area contributed by atoms with E-state index in [2.05, 4.69) is 0 Å². The van der Waals surface area contributed by atoms with E-state index in [1.165, 1.54) is 12.1 Å². The molecular formula is C11H12FNO2. The van der Waals surface area contributed by atoms with Crippen LogP contribution in [0, 0.1) is 11.7 Å². The number of carbonyl (C=O) groups excluding carboxylic acids is 1. The first-order chi connectivity index (χ1) is 7.18. The number of halogens is 1. The summed E-state index contributed by atoms with van der Waals surface area (Å²) < 4.78 is 18.2. The van der Waals surface area contributed by atoms with Crippen LogP contribution in [0.25, 0.3) is 0 Å². The standard InChI is InChI=1S/C11H12FNO2/c12-9-5-7(1-2-10(9)13)11(14)8-3-4-15-6-8/h1-2,5,8H,3-4,6,13H2. The highest BCUT2D eigenvalue weighted by atomic mass is 19.1. The van der Waals surface area contributed by atoms with E-state index in [-0.39, 0.29) is 17.4 Å². The molecule has 1 aromatic carbocycles. The van der Waals surface area contributed by atoms with Crippen LogP contribution in [0.3, 0.4) is 0 Å². The monoisotopic (exact) mass is 209 g/mol. The maximum atomic E-state index is 13.1. The Labute approximate surface area is 87.0 Å². The van der Waals surface area contributed by atoms with Gasteiger partial charge >= 0.3 is 0 Å². The molecule has 1 fully saturated rings. The van der Waals surface area contributed by atoms with Crippen molar-refractivity contribution in [3.63, 3.8) is 0 Å². The molecule has 1 saturated heterocycles. The molecule has 0 radical (unpaired) electrons. The SMILES string of the molecule is Nc1ccc(C(=O)C2CCOC2)cc1F. The third kappa shape index (κ3) is 1.99. The van der Waals surface area contributed by atoms with Gasteiger partial charge in [0.2, 0.25) is 0 Å². The van der Waals surface area contributed by atoms with Crippen molar-refractivity contribution < 1.29 is 13.9 Å². The van der Waals surface area contributed by atoms with Gasteiger partial charge in [-0.05, 0) is 24.6 Å². The van der Waals surface area contributed by atoms with Gasteiger partial charge in [-0.2, -0.15) is 0 Å². The van der Waals surface area contributed by atoms with Crippen molar-refractivity contribution in [3.05, 3.63) is 29.6 Å². The van der Waals surface area contributed by atoms with E-state index in [0.717, 1.165) is 0 Å². The first-order valence-corrected chi connectivity index (χ1v) is 4.85. The quantitative estimate of drug-likeness (QED) is 0.595. The molecule has 0 bridgehead atoms. The average Bonchev–Trinajstić information content (AvgIpc) is 2.74. The first kappa shape index (κ1) is 10.1. The number of Topliss-reactive ketones (excluding diaryl/α,β-unsaturated/α-hetero) is 1. The average molecular weight is 209 g/mol. The van der Waals surface area contributed by atoms with Crippen LogP contribution in [-0.2, 0) is 4.74 Å². The molecule has 1 aromatic rings. The summed E-state index contributed by atoms with van der Waals surface area (Å²) in [5, 5.41) is 0. The molecule has 2 rings (SSSR count). The minimum Gasteiger partial charge on any atom is -0.396 e. The summed E-state index contributed by atoms with van der Waals surface area (Å²) in [4.78, 5) is 11.8. The Kier molecular flexibility index (Phi) is 2.68. The molecule has 0 amide bonds. The highest BCUT2D eigenvalue weighted by Crippen LogP contribution is 2.20. The lowest BCUT2D eigenvalue weighted by Gasteiger charge is -2.07. The lowest BCUT2D eigenvalue weighted by molar-refractivity contribution is 0.0900. The summed E-state index contributed by atoms with van der Waals surface area (Å²) >= 11 is 0. The minimum atomic E-state index is -0.542. The molecule has 0 spiro atoms. The lowest BCUT2D eigenvalue weighted by atomic mass is 9.97. The minimum absolute atomic E-state index is 0.0635. The Morgan fingerprint density at radius 1 is 1.53 bits per heavy atom. The molecule has 80 valence electrons. The number of ether oxygens (including phenoxy) is 1. The third-order valence-electron chi connectivity index (χ3n) is 2.59. The number of benzene rings is 1. The van der Waals surface area contributed by atoms with Crippen molar-refractivity contribution in [1.82, 2.24) is 0 Å². The van der Waals surface area contributed by atoms with Crippen molar-refractivity contribution in [2.75, 3.05) is 18.9 Å². The van der Waals surface area contributed by atoms with Crippen LogP contribution in [-0.4, -0.2) is 19.0 Å². The van der Waals surface area contributed by atoms with Crippen LogP contribution in [0.5, 0.6) is 0 Å². The highest BCUT2D eigenvalue weighted by molar-refractivity contribution is 5.98. The van der Waals surface area contributed by atoms with E-state index in [1.54, 1.807) is 6.07 Å². The highest BCUT2D eigenvalue weighted by Gasteiger charge is 2.24. The van der Waals surface area contributed by atoms with Gasteiger partial charge in [0.1, 0.15) is 5.82 Å². The lowest BCUT2D eigenvalue weighted by Crippen LogP contribution is -2.14. The van der Waals surface area contributed by atoms with Gasteiger partial charge in [-0.25, -0.2) is 4.39 Å². The normalized spacial score (nSPS) is 20.5. The van der Waals surface area contributed by atoms with Crippen molar-refractivity contribution in [3.8, 4) is 0 Å². The number of nitrogens with two attached hydrogens (primary N) is 1. The summed E-state index contributed by atoms with van der Waals surface area (Å²) in [6, 6.07) is 4.16. The Morgan fingerprint density at radius 3 is 2.93 bits per heavy atom. The predicted octanol–water partition coefficient (Wildman–Crippen LogP) is 1.63. The molecule has 1 atom stereocenters. The van der Waals surface area contributed by atoms with Gasteiger partial charge in [-0.1, -0.05) is 0 Å². The number of carbonyl (C=O) groups is 1. The van der Waals surface area contributed by atoms with Gasteiger partial charge in [0.25, 0.3) is 0 Å². The van der Waals surface area contributed by atoms with E-state index < -0.39 is 5.82 Å². The predicted molar refractivity (Wildman–Crippen MR) is 54.1 cm³/mol. The second-order valence-electron chi connectivity index (χ2n) is 3.66. The summed E-state index contributed by atoms with van der Waals surface area (Å²) in [6.07, 6.45) is 0.713. The van der Waals surface area contributed by atoms with E-state index in [9.17, 15) is 9.18 Å². The second kappa shape index (κ2) is 3.98. The smallest absolute Gasteiger partial charge is 0.168 e. The molecule has 15 heavy (non-hydrogen) atoms.